The second-order valence-corrected chi connectivity index (χ2v) is 6.25. The quantitative estimate of drug-likeness (QED) is 0.888. The molecule has 2 aromatic rings. The smallest absolute Gasteiger partial charge is 0.431 e. The van der Waals surface area contributed by atoms with E-state index in [0.29, 0.717) is 10.8 Å². The Morgan fingerprint density at radius 2 is 1.89 bits per heavy atom. The lowest BCUT2D eigenvalue weighted by molar-refractivity contribution is -0.0816. The summed E-state index contributed by atoms with van der Waals surface area (Å²) in [6, 6.07) is 12.2. The predicted molar refractivity (Wildman–Crippen MR) is 92.3 cm³/mol. The van der Waals surface area contributed by atoms with Crippen LogP contribution in [0.4, 0.5) is 13.2 Å². The van der Waals surface area contributed by atoms with Gasteiger partial charge in [-0.1, -0.05) is 29.8 Å². The number of rotatable bonds is 3. The molecule has 0 aliphatic carbocycles. The Morgan fingerprint density at radius 1 is 1.22 bits per heavy atom. The van der Waals surface area contributed by atoms with Crippen LogP contribution in [0.3, 0.4) is 0 Å². The van der Waals surface area contributed by atoms with Crippen LogP contribution in [0, 0.1) is 6.92 Å². The van der Waals surface area contributed by atoms with E-state index in [0.717, 1.165) is 5.56 Å². The molecule has 1 amide bonds. The Bertz CT molecular complexity index is 894. The molecule has 0 fully saturated rings. The number of benzene rings is 2. The summed E-state index contributed by atoms with van der Waals surface area (Å²) in [4.78, 5) is 12.9. The number of nitrogens with zero attached hydrogens (tertiary/aromatic N) is 2. The lowest BCUT2D eigenvalue weighted by Gasteiger charge is -2.31. The summed E-state index contributed by atoms with van der Waals surface area (Å²) >= 11 is 0. The van der Waals surface area contributed by atoms with Crippen molar-refractivity contribution in [2.75, 3.05) is 7.11 Å². The van der Waals surface area contributed by atoms with E-state index in [1.807, 2.05) is 0 Å². The fraction of sp³-hybridized carbons (Fsp3) is 0.263. The van der Waals surface area contributed by atoms with Gasteiger partial charge in [-0.25, -0.2) is 0 Å². The van der Waals surface area contributed by atoms with Crippen molar-refractivity contribution in [3.63, 3.8) is 0 Å². The molecule has 0 spiro atoms. The average Bonchev–Trinajstić information content (AvgIpc) is 3.00. The van der Waals surface area contributed by atoms with Gasteiger partial charge in [-0.15, -0.1) is 0 Å². The third-order valence-corrected chi connectivity index (χ3v) is 4.32. The van der Waals surface area contributed by atoms with Crippen molar-refractivity contribution in [1.82, 2.24) is 5.01 Å². The molecule has 1 N–H and O–H groups in total. The molecule has 2 aromatic carbocycles. The Labute approximate surface area is 153 Å². The molecule has 5 nitrogen and oxygen atoms in total. The highest BCUT2D eigenvalue weighted by molar-refractivity contribution is 6.00. The molecule has 1 atom stereocenters. The van der Waals surface area contributed by atoms with Crippen molar-refractivity contribution < 1.29 is 27.8 Å². The van der Waals surface area contributed by atoms with Crippen molar-refractivity contribution in [3.8, 4) is 5.75 Å². The maximum atomic E-state index is 13.2. The van der Waals surface area contributed by atoms with Crippen LogP contribution in [0.25, 0.3) is 0 Å². The van der Waals surface area contributed by atoms with Crippen molar-refractivity contribution in [1.29, 1.82) is 0 Å². The molecule has 1 unspecified atom stereocenters. The molecule has 27 heavy (non-hydrogen) atoms. The zero-order chi connectivity index (χ0) is 19.8. The number of hydrogen-bond donors (Lipinski definition) is 1. The van der Waals surface area contributed by atoms with E-state index in [9.17, 15) is 23.1 Å². The van der Waals surface area contributed by atoms with Crippen molar-refractivity contribution in [3.05, 3.63) is 65.2 Å². The molecular weight excluding hydrogens is 361 g/mol. The minimum absolute atomic E-state index is 0.104. The number of hydrazone groups is 1. The van der Waals surface area contributed by atoms with E-state index in [2.05, 4.69) is 5.10 Å². The van der Waals surface area contributed by atoms with Gasteiger partial charge in [-0.05, 0) is 31.2 Å². The average molecular weight is 378 g/mol. The number of amides is 1. The second kappa shape index (κ2) is 6.70. The lowest BCUT2D eigenvalue weighted by atomic mass is 9.96. The highest BCUT2D eigenvalue weighted by atomic mass is 19.4. The number of aryl methyl sites for hydroxylation is 1. The van der Waals surface area contributed by atoms with Crippen LogP contribution in [0.5, 0.6) is 5.75 Å². The van der Waals surface area contributed by atoms with Gasteiger partial charge in [-0.2, -0.15) is 23.3 Å². The van der Waals surface area contributed by atoms with Crippen LogP contribution >= 0.6 is 0 Å². The first-order chi connectivity index (χ1) is 12.6. The Hall–Kier alpha value is -2.87. The fourth-order valence-corrected chi connectivity index (χ4v) is 2.90. The molecule has 0 aromatic heterocycles. The van der Waals surface area contributed by atoms with E-state index >= 15 is 0 Å². The van der Waals surface area contributed by atoms with Crippen LogP contribution in [0.15, 0.2) is 53.6 Å². The van der Waals surface area contributed by atoms with Crippen molar-refractivity contribution in [2.45, 2.75) is 25.2 Å². The number of methoxy groups -OCH3 is 1. The minimum Gasteiger partial charge on any atom is -0.497 e. The third kappa shape index (κ3) is 3.52. The summed E-state index contributed by atoms with van der Waals surface area (Å²) in [6.07, 6.45) is -5.62. The summed E-state index contributed by atoms with van der Waals surface area (Å²) < 4.78 is 44.8. The Balaban J connectivity index is 2.06. The number of carbonyl (C=O) groups is 1. The van der Waals surface area contributed by atoms with Crippen LogP contribution in [-0.2, 0) is 5.72 Å². The zero-order valence-electron chi connectivity index (χ0n) is 14.6. The SMILES string of the molecule is COc1ccc(C2(O)CC(C(F)(F)F)=NN2C(=O)c2cccc(C)c2)cc1. The predicted octanol–water partition coefficient (Wildman–Crippen LogP) is 3.61. The Kier molecular flexibility index (Phi) is 4.69. The summed E-state index contributed by atoms with van der Waals surface area (Å²) in [5, 5.41) is 15.0. The molecule has 3 rings (SSSR count). The summed E-state index contributed by atoms with van der Waals surface area (Å²) in [6.45, 7) is 1.75. The number of halogens is 3. The van der Waals surface area contributed by atoms with Gasteiger partial charge >= 0.3 is 6.18 Å². The number of hydrogen-bond acceptors (Lipinski definition) is 4. The molecule has 1 aliphatic heterocycles. The number of alkyl halides is 3. The van der Waals surface area contributed by atoms with Crippen LogP contribution < -0.4 is 4.74 Å². The van der Waals surface area contributed by atoms with Crippen molar-refractivity contribution >= 4 is 11.6 Å². The molecule has 0 saturated carbocycles. The van der Waals surface area contributed by atoms with Gasteiger partial charge in [0.2, 0.25) is 0 Å². The molecule has 8 heteroatoms. The van der Waals surface area contributed by atoms with Gasteiger partial charge in [0.15, 0.2) is 5.72 Å². The first kappa shape index (κ1) is 18.9. The molecule has 1 aliphatic rings. The first-order valence-electron chi connectivity index (χ1n) is 8.08. The largest absolute Gasteiger partial charge is 0.497 e. The van der Waals surface area contributed by atoms with E-state index < -0.39 is 29.9 Å². The maximum absolute atomic E-state index is 13.2. The topological polar surface area (TPSA) is 62.1 Å². The normalized spacial score (nSPS) is 19.8. The standard InChI is InChI=1S/C19H17F3N2O3/c1-12-4-3-5-13(10-12)17(25)24-18(26,11-16(23-24)19(20,21)22)14-6-8-15(27-2)9-7-14/h3-10,26H,11H2,1-2H3. The molecule has 142 valence electrons. The van der Waals surface area contributed by atoms with Crippen LogP contribution in [-0.4, -0.2) is 35.0 Å². The highest BCUT2D eigenvalue weighted by Crippen LogP contribution is 2.40. The molecule has 0 bridgehead atoms. The molecule has 0 radical (unpaired) electrons. The summed E-state index contributed by atoms with van der Waals surface area (Å²) in [5.41, 5.74) is -2.48. The van der Waals surface area contributed by atoms with E-state index in [1.165, 1.54) is 43.5 Å². The fourth-order valence-electron chi connectivity index (χ4n) is 2.90. The Morgan fingerprint density at radius 3 is 2.44 bits per heavy atom. The summed E-state index contributed by atoms with van der Waals surface area (Å²) in [7, 11) is 1.44. The van der Waals surface area contributed by atoms with Gasteiger partial charge < -0.3 is 9.84 Å². The maximum Gasteiger partial charge on any atom is 0.431 e. The van der Waals surface area contributed by atoms with Crippen molar-refractivity contribution in [2.24, 2.45) is 5.10 Å². The number of carbonyl (C=O) groups excluding carboxylic acids is 1. The van der Waals surface area contributed by atoms with Gasteiger partial charge in [0.05, 0.1) is 13.5 Å². The molecular formula is C19H17F3N2O3. The first-order valence-corrected chi connectivity index (χ1v) is 8.08. The monoisotopic (exact) mass is 378 g/mol. The van der Waals surface area contributed by atoms with E-state index in [4.69, 9.17) is 4.74 Å². The van der Waals surface area contributed by atoms with Crippen LogP contribution in [0.2, 0.25) is 0 Å². The molecule has 1 heterocycles. The number of aliphatic hydroxyl groups is 1. The van der Waals surface area contributed by atoms with Gasteiger partial charge in [0, 0.05) is 11.1 Å². The van der Waals surface area contributed by atoms with E-state index in [1.54, 1.807) is 19.1 Å². The van der Waals surface area contributed by atoms with Gasteiger partial charge in [0.1, 0.15) is 11.5 Å². The second-order valence-electron chi connectivity index (χ2n) is 6.25. The van der Waals surface area contributed by atoms with E-state index in [-0.39, 0.29) is 11.1 Å². The lowest BCUT2D eigenvalue weighted by Crippen LogP contribution is -2.43. The zero-order valence-corrected chi connectivity index (χ0v) is 14.6. The van der Waals surface area contributed by atoms with Gasteiger partial charge in [0.25, 0.3) is 5.91 Å². The summed E-state index contributed by atoms with van der Waals surface area (Å²) in [5.74, 6) is -0.356. The third-order valence-electron chi connectivity index (χ3n) is 4.32. The number of ether oxygens (including phenoxy) is 1. The highest BCUT2D eigenvalue weighted by Gasteiger charge is 2.53. The minimum atomic E-state index is -4.76. The van der Waals surface area contributed by atoms with Crippen LogP contribution in [0.1, 0.15) is 27.9 Å². The molecule has 0 saturated heterocycles. The van der Waals surface area contributed by atoms with Gasteiger partial charge in [-0.3, -0.25) is 4.79 Å².